The lowest BCUT2D eigenvalue weighted by Gasteiger charge is -2.18. The van der Waals surface area contributed by atoms with Gasteiger partial charge in [0.1, 0.15) is 5.82 Å². The highest BCUT2D eigenvalue weighted by molar-refractivity contribution is 6.00. The van der Waals surface area contributed by atoms with E-state index in [1.807, 2.05) is 42.1 Å². The Labute approximate surface area is 139 Å². The van der Waals surface area contributed by atoms with E-state index in [0.29, 0.717) is 6.54 Å². The van der Waals surface area contributed by atoms with E-state index in [4.69, 9.17) is 0 Å². The Morgan fingerprint density at radius 2 is 2.21 bits per heavy atom. The molecule has 0 bridgehead atoms. The summed E-state index contributed by atoms with van der Waals surface area (Å²) in [4.78, 5) is 14.2. The molecule has 0 saturated heterocycles. The van der Waals surface area contributed by atoms with Gasteiger partial charge in [0.15, 0.2) is 5.82 Å². The van der Waals surface area contributed by atoms with Crippen molar-refractivity contribution in [3.63, 3.8) is 0 Å². The predicted molar refractivity (Wildman–Crippen MR) is 91.7 cm³/mol. The second kappa shape index (κ2) is 5.67. The summed E-state index contributed by atoms with van der Waals surface area (Å²) in [5, 5.41) is 12.4. The number of hydrogen-bond acceptors (Lipinski definition) is 3. The number of amides is 2. The number of nitrogens with zero attached hydrogens (tertiary/aromatic N) is 5. The van der Waals surface area contributed by atoms with Crippen molar-refractivity contribution in [1.82, 2.24) is 24.2 Å². The van der Waals surface area contributed by atoms with Gasteiger partial charge in [0, 0.05) is 44.2 Å². The molecule has 1 N–H and O–H groups in total. The van der Waals surface area contributed by atoms with Crippen LogP contribution in [0.3, 0.4) is 0 Å². The molecular formula is C17H20N6O. The molecule has 124 valence electrons. The van der Waals surface area contributed by atoms with Gasteiger partial charge in [0.05, 0.1) is 12.2 Å². The first-order chi connectivity index (χ1) is 11.6. The number of fused-ring (bicyclic) bond motifs is 2. The van der Waals surface area contributed by atoms with Gasteiger partial charge < -0.3 is 19.4 Å². The van der Waals surface area contributed by atoms with Gasteiger partial charge in [0.2, 0.25) is 0 Å². The molecule has 3 aromatic rings. The number of urea groups is 1. The quantitative estimate of drug-likeness (QED) is 0.804. The summed E-state index contributed by atoms with van der Waals surface area (Å²) in [7, 11) is 3.77. The van der Waals surface area contributed by atoms with Gasteiger partial charge in [-0.15, -0.1) is 10.2 Å². The van der Waals surface area contributed by atoms with E-state index in [1.165, 1.54) is 0 Å². The molecule has 0 fully saturated rings. The average Bonchev–Trinajstić information content (AvgIpc) is 3.26. The Morgan fingerprint density at radius 1 is 1.33 bits per heavy atom. The van der Waals surface area contributed by atoms with Crippen LogP contribution < -0.4 is 5.32 Å². The number of carbonyl (C=O) groups is 1. The van der Waals surface area contributed by atoms with Gasteiger partial charge in [-0.05, 0) is 24.6 Å². The molecular weight excluding hydrogens is 304 g/mol. The zero-order valence-electron chi connectivity index (χ0n) is 13.9. The zero-order valence-corrected chi connectivity index (χ0v) is 13.9. The van der Waals surface area contributed by atoms with Gasteiger partial charge in [-0.2, -0.15) is 0 Å². The molecule has 0 radical (unpaired) electrons. The summed E-state index contributed by atoms with van der Waals surface area (Å²) in [6, 6.07) is 7.76. The third kappa shape index (κ3) is 2.42. The highest BCUT2D eigenvalue weighted by Gasteiger charge is 2.20. The van der Waals surface area contributed by atoms with Gasteiger partial charge in [-0.3, -0.25) is 0 Å². The molecule has 7 heteroatoms. The molecule has 4 rings (SSSR count). The van der Waals surface area contributed by atoms with E-state index in [9.17, 15) is 4.79 Å². The van der Waals surface area contributed by atoms with Gasteiger partial charge >= 0.3 is 6.03 Å². The Hall–Kier alpha value is -2.83. The van der Waals surface area contributed by atoms with Gasteiger partial charge in [-0.25, -0.2) is 4.79 Å². The number of carbonyl (C=O) groups excluding carboxylic acids is 1. The van der Waals surface area contributed by atoms with E-state index in [-0.39, 0.29) is 6.03 Å². The van der Waals surface area contributed by atoms with Crippen LogP contribution in [0.1, 0.15) is 18.1 Å². The molecule has 0 aliphatic carbocycles. The van der Waals surface area contributed by atoms with Crippen molar-refractivity contribution < 1.29 is 4.79 Å². The largest absolute Gasteiger partial charge is 0.350 e. The number of aryl methyl sites for hydroxylation is 2. The number of anilines is 1. The fraction of sp³-hybridized carbons (Fsp3) is 0.353. The third-order valence-corrected chi connectivity index (χ3v) is 4.58. The monoisotopic (exact) mass is 324 g/mol. The third-order valence-electron chi connectivity index (χ3n) is 4.58. The molecule has 2 amide bonds. The molecule has 7 nitrogen and oxygen atoms in total. The number of rotatable bonds is 3. The first-order valence-corrected chi connectivity index (χ1v) is 8.10. The molecule has 2 aromatic heterocycles. The van der Waals surface area contributed by atoms with Crippen molar-refractivity contribution >= 4 is 22.6 Å². The minimum absolute atomic E-state index is 0.151. The first kappa shape index (κ1) is 14.7. The summed E-state index contributed by atoms with van der Waals surface area (Å²) in [6.07, 6.45) is 4.06. The normalized spacial score (nSPS) is 13.2. The van der Waals surface area contributed by atoms with Crippen LogP contribution in [0, 0.1) is 0 Å². The molecule has 0 spiro atoms. The SMILES string of the molecule is CN(Cc1nnc2n1CCC2)C(=O)Nc1cccc2c1ccn2C. The molecule has 3 heterocycles. The van der Waals surface area contributed by atoms with Crippen molar-refractivity contribution in [2.24, 2.45) is 7.05 Å². The number of nitrogens with one attached hydrogen (secondary N) is 1. The number of benzene rings is 1. The van der Waals surface area contributed by atoms with Crippen LogP contribution in [-0.4, -0.2) is 37.3 Å². The molecule has 1 aromatic carbocycles. The maximum atomic E-state index is 12.5. The maximum Gasteiger partial charge on any atom is 0.322 e. The molecule has 24 heavy (non-hydrogen) atoms. The summed E-state index contributed by atoms with van der Waals surface area (Å²) in [6.45, 7) is 1.39. The van der Waals surface area contributed by atoms with E-state index in [0.717, 1.165) is 47.6 Å². The van der Waals surface area contributed by atoms with E-state index >= 15 is 0 Å². The smallest absolute Gasteiger partial charge is 0.322 e. The molecule has 1 aliphatic heterocycles. The average molecular weight is 324 g/mol. The summed E-state index contributed by atoms with van der Waals surface area (Å²) in [5.74, 6) is 1.87. The lowest BCUT2D eigenvalue weighted by Crippen LogP contribution is -2.32. The molecule has 0 unspecified atom stereocenters. The lowest BCUT2D eigenvalue weighted by atomic mass is 10.2. The summed E-state index contributed by atoms with van der Waals surface area (Å²) < 4.78 is 4.15. The second-order valence-electron chi connectivity index (χ2n) is 6.24. The van der Waals surface area contributed by atoms with Gasteiger partial charge in [0.25, 0.3) is 0 Å². The second-order valence-corrected chi connectivity index (χ2v) is 6.24. The van der Waals surface area contributed by atoms with Crippen LogP contribution in [0.5, 0.6) is 0 Å². The molecule has 0 atom stereocenters. The number of hydrogen-bond donors (Lipinski definition) is 1. The van der Waals surface area contributed by atoms with E-state index < -0.39 is 0 Å². The van der Waals surface area contributed by atoms with E-state index in [1.54, 1.807) is 11.9 Å². The highest BCUT2D eigenvalue weighted by Crippen LogP contribution is 2.24. The minimum Gasteiger partial charge on any atom is -0.350 e. The van der Waals surface area contributed by atoms with Crippen LogP contribution in [0.2, 0.25) is 0 Å². The molecule has 0 saturated carbocycles. The van der Waals surface area contributed by atoms with Crippen LogP contribution in [-0.2, 0) is 26.6 Å². The Bertz CT molecular complexity index is 909. The molecule has 1 aliphatic rings. The Balaban J connectivity index is 1.50. The topological polar surface area (TPSA) is 68.0 Å². The predicted octanol–water partition coefficient (Wildman–Crippen LogP) is 2.38. The van der Waals surface area contributed by atoms with Crippen molar-refractivity contribution in [3.8, 4) is 0 Å². The first-order valence-electron chi connectivity index (χ1n) is 8.10. The Morgan fingerprint density at radius 3 is 3.08 bits per heavy atom. The van der Waals surface area contributed by atoms with Crippen LogP contribution in [0.15, 0.2) is 30.5 Å². The van der Waals surface area contributed by atoms with Crippen molar-refractivity contribution in [2.45, 2.75) is 25.9 Å². The minimum atomic E-state index is -0.151. The standard InChI is InChI=1S/C17H20N6O/c1-21-10-8-12-13(5-3-6-14(12)21)18-17(24)22(2)11-16-20-19-15-7-4-9-23(15)16/h3,5-6,8,10H,4,7,9,11H2,1-2H3,(H,18,24). The van der Waals surface area contributed by atoms with E-state index in [2.05, 4.69) is 20.1 Å². The van der Waals surface area contributed by atoms with Crippen LogP contribution in [0.25, 0.3) is 10.9 Å². The summed E-state index contributed by atoms with van der Waals surface area (Å²) >= 11 is 0. The fourth-order valence-corrected chi connectivity index (χ4v) is 3.23. The van der Waals surface area contributed by atoms with Crippen molar-refractivity contribution in [2.75, 3.05) is 12.4 Å². The van der Waals surface area contributed by atoms with Crippen molar-refractivity contribution in [1.29, 1.82) is 0 Å². The fourth-order valence-electron chi connectivity index (χ4n) is 3.23. The Kier molecular flexibility index (Phi) is 3.48. The van der Waals surface area contributed by atoms with Crippen LogP contribution in [0.4, 0.5) is 10.5 Å². The van der Waals surface area contributed by atoms with Crippen molar-refractivity contribution in [3.05, 3.63) is 42.1 Å². The summed E-state index contributed by atoms with van der Waals surface area (Å²) in [5.41, 5.74) is 1.90. The van der Waals surface area contributed by atoms with Crippen LogP contribution >= 0.6 is 0 Å². The van der Waals surface area contributed by atoms with Gasteiger partial charge in [-0.1, -0.05) is 6.07 Å². The zero-order chi connectivity index (χ0) is 16.7. The number of aromatic nitrogens is 4. The highest BCUT2D eigenvalue weighted by atomic mass is 16.2. The lowest BCUT2D eigenvalue weighted by molar-refractivity contribution is 0.219. The maximum absolute atomic E-state index is 12.5.